The molecular formula is C24H42O3. The summed E-state index contributed by atoms with van der Waals surface area (Å²) in [7, 11) is 0. The largest absolute Gasteiger partial charge is 0.493 e. The standard InChI is InChI=1S/C24H42O3/c1-11-22(5,6)15-19(23(7,8)12-2)20-14-13-18(16-26-20)21(25)27-24(9,10)17(3)4/h13-14,17,19H,11-12,15-16H2,1-10H3. The lowest BCUT2D eigenvalue weighted by molar-refractivity contribution is -0.156. The number of hydrogen-bond donors (Lipinski definition) is 0. The highest BCUT2D eigenvalue weighted by Gasteiger charge is 2.37. The van der Waals surface area contributed by atoms with E-state index < -0.39 is 5.60 Å². The van der Waals surface area contributed by atoms with E-state index in [1.165, 1.54) is 0 Å². The zero-order chi connectivity index (χ0) is 21.0. The van der Waals surface area contributed by atoms with E-state index in [1.54, 1.807) is 0 Å². The molecule has 1 atom stereocenters. The topological polar surface area (TPSA) is 35.5 Å². The molecule has 0 saturated carbocycles. The summed E-state index contributed by atoms with van der Waals surface area (Å²) in [5, 5.41) is 0. The maximum Gasteiger partial charge on any atom is 0.338 e. The van der Waals surface area contributed by atoms with E-state index in [-0.39, 0.29) is 22.7 Å². The van der Waals surface area contributed by atoms with Crippen LogP contribution in [-0.4, -0.2) is 18.2 Å². The van der Waals surface area contributed by atoms with Gasteiger partial charge in [-0.15, -0.1) is 0 Å². The zero-order valence-corrected chi connectivity index (χ0v) is 19.4. The van der Waals surface area contributed by atoms with Crippen molar-refractivity contribution >= 4 is 5.97 Å². The summed E-state index contributed by atoms with van der Waals surface area (Å²) in [4.78, 5) is 12.5. The van der Waals surface area contributed by atoms with Crippen LogP contribution in [0.4, 0.5) is 0 Å². The maximum atomic E-state index is 12.5. The fourth-order valence-corrected chi connectivity index (χ4v) is 2.91. The molecule has 1 heterocycles. The van der Waals surface area contributed by atoms with Crippen molar-refractivity contribution in [1.82, 2.24) is 0 Å². The number of hydrogen-bond acceptors (Lipinski definition) is 3. The molecule has 1 rings (SSSR count). The van der Waals surface area contributed by atoms with Crippen molar-refractivity contribution in [2.45, 2.75) is 94.1 Å². The van der Waals surface area contributed by atoms with Crippen molar-refractivity contribution in [3.8, 4) is 0 Å². The number of rotatable bonds is 9. The Morgan fingerprint density at radius 2 is 1.67 bits per heavy atom. The monoisotopic (exact) mass is 378 g/mol. The molecule has 1 aliphatic rings. The Hall–Kier alpha value is -1.25. The van der Waals surface area contributed by atoms with Crippen molar-refractivity contribution in [2.75, 3.05) is 6.61 Å². The molecule has 0 bridgehead atoms. The summed E-state index contributed by atoms with van der Waals surface area (Å²) in [6.45, 7) is 22.1. The Balaban J connectivity index is 3.04. The second kappa shape index (κ2) is 8.84. The number of allylic oxidation sites excluding steroid dienone is 3. The van der Waals surface area contributed by atoms with E-state index in [4.69, 9.17) is 9.47 Å². The Kier molecular flexibility index (Phi) is 7.78. The molecule has 0 aromatic rings. The van der Waals surface area contributed by atoms with Crippen LogP contribution in [0.1, 0.15) is 88.5 Å². The highest BCUT2D eigenvalue weighted by atomic mass is 16.6. The van der Waals surface area contributed by atoms with Gasteiger partial charge in [-0.2, -0.15) is 0 Å². The maximum absolute atomic E-state index is 12.5. The van der Waals surface area contributed by atoms with E-state index in [0.717, 1.165) is 25.0 Å². The predicted molar refractivity (Wildman–Crippen MR) is 113 cm³/mol. The molecule has 0 spiro atoms. The van der Waals surface area contributed by atoms with Crippen LogP contribution in [0.5, 0.6) is 0 Å². The van der Waals surface area contributed by atoms with Crippen LogP contribution >= 0.6 is 0 Å². The number of esters is 1. The molecule has 3 nitrogen and oxygen atoms in total. The summed E-state index contributed by atoms with van der Waals surface area (Å²) in [5.74, 6) is 1.31. The summed E-state index contributed by atoms with van der Waals surface area (Å²) >= 11 is 0. The molecule has 1 aliphatic heterocycles. The smallest absolute Gasteiger partial charge is 0.338 e. The number of carbonyl (C=O) groups excluding carboxylic acids is 1. The Morgan fingerprint density at radius 3 is 2.07 bits per heavy atom. The van der Waals surface area contributed by atoms with Crippen LogP contribution in [0.2, 0.25) is 0 Å². The third-order valence-electron chi connectivity index (χ3n) is 6.76. The third kappa shape index (κ3) is 6.40. The van der Waals surface area contributed by atoms with Crippen molar-refractivity contribution in [3.63, 3.8) is 0 Å². The normalized spacial score (nSPS) is 17.1. The number of ether oxygens (including phenoxy) is 2. The van der Waals surface area contributed by atoms with Gasteiger partial charge in [-0.1, -0.05) is 68.2 Å². The summed E-state index contributed by atoms with van der Waals surface area (Å²) in [5.41, 5.74) is 0.505. The second-order valence-electron chi connectivity index (χ2n) is 10.3. The molecule has 0 aromatic heterocycles. The third-order valence-corrected chi connectivity index (χ3v) is 6.76. The molecule has 0 N–H and O–H groups in total. The van der Waals surface area contributed by atoms with E-state index in [0.29, 0.717) is 18.1 Å². The fourth-order valence-electron chi connectivity index (χ4n) is 2.91. The van der Waals surface area contributed by atoms with Crippen molar-refractivity contribution < 1.29 is 14.3 Å². The summed E-state index contributed by atoms with van der Waals surface area (Å²) < 4.78 is 11.8. The Morgan fingerprint density at radius 1 is 1.07 bits per heavy atom. The second-order valence-corrected chi connectivity index (χ2v) is 10.3. The van der Waals surface area contributed by atoms with Crippen LogP contribution in [0.25, 0.3) is 0 Å². The fraction of sp³-hybridized carbons (Fsp3) is 0.792. The minimum Gasteiger partial charge on any atom is -0.493 e. The molecular weight excluding hydrogens is 336 g/mol. The van der Waals surface area contributed by atoms with Gasteiger partial charge in [0, 0.05) is 5.92 Å². The van der Waals surface area contributed by atoms with Crippen LogP contribution < -0.4 is 0 Å². The molecule has 156 valence electrons. The van der Waals surface area contributed by atoms with E-state index >= 15 is 0 Å². The van der Waals surface area contributed by atoms with Gasteiger partial charge in [0.05, 0.1) is 5.57 Å². The molecule has 27 heavy (non-hydrogen) atoms. The van der Waals surface area contributed by atoms with Gasteiger partial charge in [-0.3, -0.25) is 0 Å². The predicted octanol–water partition coefficient (Wildman–Crippen LogP) is 6.68. The molecule has 0 aromatic carbocycles. The van der Waals surface area contributed by atoms with Gasteiger partial charge >= 0.3 is 5.97 Å². The van der Waals surface area contributed by atoms with E-state index in [1.807, 2.05) is 26.0 Å². The van der Waals surface area contributed by atoms with Gasteiger partial charge < -0.3 is 9.47 Å². The van der Waals surface area contributed by atoms with Gasteiger partial charge in [0.25, 0.3) is 0 Å². The Bertz CT molecular complexity index is 576. The molecule has 0 fully saturated rings. The highest BCUT2D eigenvalue weighted by molar-refractivity contribution is 5.89. The molecule has 0 amide bonds. The molecule has 3 heteroatoms. The lowest BCUT2D eigenvalue weighted by Crippen LogP contribution is -2.35. The molecule has 0 saturated heterocycles. The summed E-state index contributed by atoms with van der Waals surface area (Å²) in [6.07, 6.45) is 7.18. The van der Waals surface area contributed by atoms with Gasteiger partial charge in [0.2, 0.25) is 0 Å². The van der Waals surface area contributed by atoms with Gasteiger partial charge in [0.15, 0.2) is 0 Å². The van der Waals surface area contributed by atoms with Crippen LogP contribution in [0.15, 0.2) is 23.5 Å². The highest BCUT2D eigenvalue weighted by Crippen LogP contribution is 2.45. The molecule has 0 aliphatic carbocycles. The first-order valence-electron chi connectivity index (χ1n) is 10.5. The lowest BCUT2D eigenvalue weighted by Gasteiger charge is -2.40. The SMILES string of the molecule is CCC(C)(C)CC(C1=CC=C(C(=O)OC(C)(C)C(C)C)CO1)C(C)(C)CC. The van der Waals surface area contributed by atoms with E-state index in [2.05, 4.69) is 55.4 Å². The minimum absolute atomic E-state index is 0.143. The molecule has 1 unspecified atom stereocenters. The lowest BCUT2D eigenvalue weighted by atomic mass is 9.67. The minimum atomic E-state index is -0.486. The average Bonchev–Trinajstić information content (AvgIpc) is 2.59. The summed E-state index contributed by atoms with van der Waals surface area (Å²) in [6, 6.07) is 0. The van der Waals surface area contributed by atoms with Crippen molar-refractivity contribution in [2.24, 2.45) is 22.7 Å². The first-order chi connectivity index (χ1) is 12.3. The van der Waals surface area contributed by atoms with Gasteiger partial charge in [-0.25, -0.2) is 4.79 Å². The van der Waals surface area contributed by atoms with Crippen LogP contribution in [-0.2, 0) is 14.3 Å². The zero-order valence-electron chi connectivity index (χ0n) is 19.4. The molecule has 0 radical (unpaired) electrons. The van der Waals surface area contributed by atoms with Gasteiger partial charge in [0.1, 0.15) is 18.0 Å². The average molecular weight is 379 g/mol. The van der Waals surface area contributed by atoms with Crippen molar-refractivity contribution in [1.29, 1.82) is 0 Å². The van der Waals surface area contributed by atoms with Gasteiger partial charge in [-0.05, 0) is 49.2 Å². The first kappa shape index (κ1) is 23.8. The van der Waals surface area contributed by atoms with Crippen LogP contribution in [0.3, 0.4) is 0 Å². The number of carbonyl (C=O) groups is 1. The van der Waals surface area contributed by atoms with E-state index in [9.17, 15) is 4.79 Å². The first-order valence-corrected chi connectivity index (χ1v) is 10.5. The van der Waals surface area contributed by atoms with Crippen molar-refractivity contribution in [3.05, 3.63) is 23.5 Å². The Labute approximate surface area is 167 Å². The quantitative estimate of drug-likeness (QED) is 0.420. The van der Waals surface area contributed by atoms with Crippen LogP contribution in [0, 0.1) is 22.7 Å².